The standard InChI is InChI=1S/C15H14N2O2.C10H14O4.C6H10O2/c18-12-16-14(7-3-1-4-8-14)11-15(17-13-19)9-5-2-6-10-15;11-5-7-13-9-1-2-10(4-3-9)14-8-6-12;7-6-4-2-1-3-5-8-6/h1-7,9H,8,10-11H2;1-4,11-12H,5-8H2;1-5H2. The molecule has 1 aromatic carbocycles. The summed E-state index contributed by atoms with van der Waals surface area (Å²) in [6.07, 6.45) is 23.9. The first-order chi connectivity index (χ1) is 20.0. The highest BCUT2D eigenvalue weighted by atomic mass is 16.5. The molecule has 0 spiro atoms. The summed E-state index contributed by atoms with van der Waals surface area (Å²) < 4.78 is 15.1. The molecule has 2 unspecified atom stereocenters. The molecule has 2 atom stereocenters. The van der Waals surface area contributed by atoms with Crippen LogP contribution in [0.25, 0.3) is 0 Å². The Bertz CT molecular complexity index is 1060. The lowest BCUT2D eigenvalue weighted by atomic mass is 9.76. The van der Waals surface area contributed by atoms with E-state index < -0.39 is 11.1 Å². The second-order valence-corrected chi connectivity index (χ2v) is 9.42. The third-order valence-corrected chi connectivity index (χ3v) is 6.23. The van der Waals surface area contributed by atoms with Crippen LogP contribution >= 0.6 is 0 Å². The SMILES string of the molecule is O=C1CCCCCO1.O=C=NC1(CC2(N=C=O)C=CC=CC2)C=CC=CC1.OCCOc1ccc(OCCO)cc1. The van der Waals surface area contributed by atoms with Gasteiger partial charge in [0.05, 0.1) is 30.9 Å². The largest absolute Gasteiger partial charge is 0.491 e. The highest BCUT2D eigenvalue weighted by molar-refractivity contribution is 5.69. The fraction of sp³-hybridized carbons (Fsp3) is 0.452. The van der Waals surface area contributed by atoms with Gasteiger partial charge in [-0.05, 0) is 56.4 Å². The van der Waals surface area contributed by atoms with E-state index in [2.05, 4.69) is 9.98 Å². The molecule has 0 saturated carbocycles. The van der Waals surface area contributed by atoms with E-state index in [1.807, 2.05) is 48.6 Å². The van der Waals surface area contributed by atoms with Gasteiger partial charge in [0.2, 0.25) is 12.2 Å². The summed E-state index contributed by atoms with van der Waals surface area (Å²) in [6.45, 7) is 1.22. The molecule has 220 valence electrons. The third-order valence-electron chi connectivity index (χ3n) is 6.23. The molecule has 10 heteroatoms. The molecule has 10 nitrogen and oxygen atoms in total. The van der Waals surface area contributed by atoms with Crippen molar-refractivity contribution in [2.24, 2.45) is 9.98 Å². The number of carbonyl (C=O) groups excluding carboxylic acids is 3. The molecule has 1 fully saturated rings. The molecular formula is C31H38N2O8. The zero-order valence-electron chi connectivity index (χ0n) is 23.2. The summed E-state index contributed by atoms with van der Waals surface area (Å²) in [5, 5.41) is 17.0. The fourth-order valence-electron chi connectivity index (χ4n) is 4.29. The highest BCUT2D eigenvalue weighted by Gasteiger charge is 2.38. The number of allylic oxidation sites excluding steroid dienone is 4. The van der Waals surface area contributed by atoms with Gasteiger partial charge < -0.3 is 24.4 Å². The molecule has 0 aromatic heterocycles. The van der Waals surface area contributed by atoms with Gasteiger partial charge in [-0.1, -0.05) is 48.6 Å². The second-order valence-electron chi connectivity index (χ2n) is 9.42. The predicted octanol–water partition coefficient (Wildman–Crippen LogP) is 4.09. The molecule has 1 saturated heterocycles. The first-order valence-corrected chi connectivity index (χ1v) is 13.6. The summed E-state index contributed by atoms with van der Waals surface area (Å²) >= 11 is 0. The maximum Gasteiger partial charge on any atom is 0.305 e. The monoisotopic (exact) mass is 566 g/mol. The average Bonchev–Trinajstić information content (AvgIpc) is 3.24. The first-order valence-electron chi connectivity index (χ1n) is 13.6. The van der Waals surface area contributed by atoms with Gasteiger partial charge in [-0.25, -0.2) is 9.59 Å². The Morgan fingerprint density at radius 2 is 1.29 bits per heavy atom. The number of isocyanates is 2. The number of aliphatic hydroxyl groups is 2. The normalized spacial score (nSPS) is 22.2. The highest BCUT2D eigenvalue weighted by Crippen LogP contribution is 2.37. The topological polar surface area (TPSA) is 144 Å². The van der Waals surface area contributed by atoms with Crippen LogP contribution < -0.4 is 9.47 Å². The number of nitrogens with zero attached hydrogens (tertiary/aromatic N) is 2. The minimum Gasteiger partial charge on any atom is -0.491 e. The summed E-state index contributed by atoms with van der Waals surface area (Å²) in [7, 11) is 0. The Morgan fingerprint density at radius 3 is 1.71 bits per heavy atom. The Balaban J connectivity index is 0.000000234. The Hall–Kier alpha value is -4.07. The van der Waals surface area contributed by atoms with Crippen molar-refractivity contribution in [3.63, 3.8) is 0 Å². The van der Waals surface area contributed by atoms with Crippen molar-refractivity contribution >= 4 is 18.1 Å². The minimum absolute atomic E-state index is 0.00274. The lowest BCUT2D eigenvalue weighted by Gasteiger charge is -2.34. The van der Waals surface area contributed by atoms with Gasteiger partial charge in [0.15, 0.2) is 0 Å². The van der Waals surface area contributed by atoms with Gasteiger partial charge in [-0.3, -0.25) is 4.79 Å². The van der Waals surface area contributed by atoms with Crippen molar-refractivity contribution in [1.29, 1.82) is 0 Å². The number of hydrogen-bond donors (Lipinski definition) is 2. The third kappa shape index (κ3) is 12.8. The van der Waals surface area contributed by atoms with E-state index in [0.29, 0.717) is 43.8 Å². The van der Waals surface area contributed by atoms with Crippen LogP contribution in [0.3, 0.4) is 0 Å². The summed E-state index contributed by atoms with van der Waals surface area (Å²) in [5.74, 6) is 1.35. The van der Waals surface area contributed by atoms with Crippen LogP contribution in [0.5, 0.6) is 11.5 Å². The fourth-order valence-corrected chi connectivity index (χ4v) is 4.29. The zero-order chi connectivity index (χ0) is 29.7. The van der Waals surface area contributed by atoms with Crippen LogP contribution in [0.15, 0.2) is 82.9 Å². The molecule has 4 rings (SSSR count). The lowest BCUT2D eigenvalue weighted by molar-refractivity contribution is -0.142. The molecule has 41 heavy (non-hydrogen) atoms. The predicted molar refractivity (Wildman–Crippen MR) is 153 cm³/mol. The van der Waals surface area contributed by atoms with E-state index in [1.54, 1.807) is 36.4 Å². The Morgan fingerprint density at radius 1 is 0.780 bits per heavy atom. The van der Waals surface area contributed by atoms with Crippen molar-refractivity contribution in [1.82, 2.24) is 0 Å². The number of aliphatic hydroxyl groups excluding tert-OH is 2. The van der Waals surface area contributed by atoms with E-state index in [4.69, 9.17) is 24.4 Å². The van der Waals surface area contributed by atoms with Crippen molar-refractivity contribution in [2.45, 2.75) is 56.0 Å². The van der Waals surface area contributed by atoms with Crippen LogP contribution in [0, 0.1) is 0 Å². The number of benzene rings is 1. The molecule has 1 aliphatic heterocycles. The van der Waals surface area contributed by atoms with Crippen LogP contribution in [-0.4, -0.2) is 72.5 Å². The van der Waals surface area contributed by atoms with Crippen molar-refractivity contribution in [3.05, 3.63) is 72.9 Å². The molecule has 0 amide bonds. The number of cyclic esters (lactones) is 1. The van der Waals surface area contributed by atoms with Gasteiger partial charge in [-0.15, -0.1) is 0 Å². The van der Waals surface area contributed by atoms with Gasteiger partial charge in [-0.2, -0.15) is 9.98 Å². The van der Waals surface area contributed by atoms with Crippen molar-refractivity contribution in [3.8, 4) is 11.5 Å². The molecule has 0 radical (unpaired) electrons. The van der Waals surface area contributed by atoms with Crippen LogP contribution in [0.1, 0.15) is 44.9 Å². The lowest BCUT2D eigenvalue weighted by Crippen LogP contribution is -2.37. The van der Waals surface area contributed by atoms with E-state index in [-0.39, 0.29) is 32.4 Å². The minimum atomic E-state index is -0.674. The van der Waals surface area contributed by atoms with E-state index in [0.717, 1.165) is 19.3 Å². The molecular weight excluding hydrogens is 528 g/mol. The Labute approximate surface area is 240 Å². The maximum absolute atomic E-state index is 10.7. The zero-order valence-corrected chi connectivity index (χ0v) is 23.2. The number of hydrogen-bond acceptors (Lipinski definition) is 10. The smallest absolute Gasteiger partial charge is 0.305 e. The second kappa shape index (κ2) is 19.1. The summed E-state index contributed by atoms with van der Waals surface area (Å²) in [4.78, 5) is 39.7. The van der Waals surface area contributed by atoms with Crippen LogP contribution in [0.4, 0.5) is 0 Å². The van der Waals surface area contributed by atoms with Gasteiger partial charge in [0.25, 0.3) is 0 Å². The summed E-state index contributed by atoms with van der Waals surface area (Å²) in [5.41, 5.74) is -1.35. The quantitative estimate of drug-likeness (QED) is 0.245. The number of aliphatic imine (C=N–C) groups is 2. The van der Waals surface area contributed by atoms with Gasteiger partial charge in [0, 0.05) is 12.8 Å². The summed E-state index contributed by atoms with van der Waals surface area (Å²) in [6, 6.07) is 7.01. The number of esters is 1. The maximum atomic E-state index is 10.7. The number of ether oxygens (including phenoxy) is 3. The van der Waals surface area contributed by atoms with E-state index in [9.17, 15) is 14.4 Å². The Kier molecular flexibility index (Phi) is 15.4. The molecule has 1 aromatic rings. The molecule has 2 N–H and O–H groups in total. The molecule has 2 aliphatic carbocycles. The van der Waals surface area contributed by atoms with Gasteiger partial charge in [0.1, 0.15) is 24.7 Å². The number of carbonyl (C=O) groups is 1. The van der Waals surface area contributed by atoms with E-state index >= 15 is 0 Å². The van der Waals surface area contributed by atoms with Crippen molar-refractivity contribution < 1.29 is 38.8 Å². The van der Waals surface area contributed by atoms with Crippen LogP contribution in [0.2, 0.25) is 0 Å². The molecule has 0 bridgehead atoms. The van der Waals surface area contributed by atoms with Gasteiger partial charge >= 0.3 is 5.97 Å². The van der Waals surface area contributed by atoms with E-state index in [1.165, 1.54) is 0 Å². The first kappa shape index (κ1) is 33.1. The van der Waals surface area contributed by atoms with Crippen LogP contribution in [-0.2, 0) is 19.1 Å². The average molecular weight is 567 g/mol. The van der Waals surface area contributed by atoms with Crippen molar-refractivity contribution in [2.75, 3.05) is 33.0 Å². The number of rotatable bonds is 10. The molecule has 3 aliphatic rings. The molecule has 1 heterocycles.